The number of hydrogen-bond acceptors (Lipinski definition) is 2. The standard InChI is InChI=1S/C8H6BrClN2/c9-5-1-2-6(7(10)3-5)8(12)4-11/h1-3,8H,12H2. The SMILES string of the molecule is N#CC(N)c1ccc(Br)cc1Cl. The first kappa shape index (κ1) is 9.53. The number of nitriles is 1. The van der Waals surface area contributed by atoms with Crippen LogP contribution in [-0.2, 0) is 0 Å². The molecule has 0 fully saturated rings. The summed E-state index contributed by atoms with van der Waals surface area (Å²) in [6, 6.07) is 6.53. The fourth-order valence-electron chi connectivity index (χ4n) is 0.823. The van der Waals surface area contributed by atoms with Crippen LogP contribution >= 0.6 is 27.5 Å². The first-order chi connectivity index (χ1) is 5.65. The van der Waals surface area contributed by atoms with Crippen molar-refractivity contribution in [1.82, 2.24) is 0 Å². The second-order valence-electron chi connectivity index (χ2n) is 2.27. The summed E-state index contributed by atoms with van der Waals surface area (Å²) < 4.78 is 0.876. The van der Waals surface area contributed by atoms with Crippen molar-refractivity contribution in [2.24, 2.45) is 5.73 Å². The van der Waals surface area contributed by atoms with Crippen LogP contribution in [0.1, 0.15) is 11.6 Å². The summed E-state index contributed by atoms with van der Waals surface area (Å²) in [6.45, 7) is 0. The molecule has 1 atom stereocenters. The zero-order valence-corrected chi connectivity index (χ0v) is 8.43. The molecule has 0 saturated carbocycles. The second-order valence-corrected chi connectivity index (χ2v) is 3.60. The van der Waals surface area contributed by atoms with E-state index in [0.29, 0.717) is 10.6 Å². The van der Waals surface area contributed by atoms with E-state index >= 15 is 0 Å². The van der Waals surface area contributed by atoms with Crippen molar-refractivity contribution in [3.05, 3.63) is 33.3 Å². The van der Waals surface area contributed by atoms with Gasteiger partial charge >= 0.3 is 0 Å². The molecule has 0 amide bonds. The lowest BCUT2D eigenvalue weighted by Gasteiger charge is -2.05. The molecule has 0 radical (unpaired) electrons. The van der Waals surface area contributed by atoms with Gasteiger partial charge in [-0.15, -0.1) is 0 Å². The van der Waals surface area contributed by atoms with Crippen molar-refractivity contribution in [3.8, 4) is 6.07 Å². The molecule has 12 heavy (non-hydrogen) atoms. The van der Waals surface area contributed by atoms with Crippen molar-refractivity contribution >= 4 is 27.5 Å². The van der Waals surface area contributed by atoms with Gasteiger partial charge in [-0.3, -0.25) is 0 Å². The topological polar surface area (TPSA) is 49.8 Å². The molecule has 2 nitrogen and oxygen atoms in total. The molecule has 62 valence electrons. The monoisotopic (exact) mass is 244 g/mol. The quantitative estimate of drug-likeness (QED) is 0.827. The van der Waals surface area contributed by atoms with E-state index < -0.39 is 6.04 Å². The molecule has 0 aromatic heterocycles. The molecule has 4 heteroatoms. The maximum Gasteiger partial charge on any atom is 0.120 e. The van der Waals surface area contributed by atoms with Crippen molar-refractivity contribution in [1.29, 1.82) is 5.26 Å². The Morgan fingerprint density at radius 3 is 2.75 bits per heavy atom. The van der Waals surface area contributed by atoms with Crippen LogP contribution in [0, 0.1) is 11.3 Å². The first-order valence-electron chi connectivity index (χ1n) is 3.25. The maximum absolute atomic E-state index is 8.54. The summed E-state index contributed by atoms with van der Waals surface area (Å²) >= 11 is 9.10. The van der Waals surface area contributed by atoms with Crippen LogP contribution in [0.5, 0.6) is 0 Å². The summed E-state index contributed by atoms with van der Waals surface area (Å²) in [5, 5.41) is 9.05. The fourth-order valence-corrected chi connectivity index (χ4v) is 1.61. The van der Waals surface area contributed by atoms with Gasteiger partial charge in [0.1, 0.15) is 6.04 Å². The molecule has 0 saturated heterocycles. The Morgan fingerprint density at radius 1 is 1.58 bits per heavy atom. The van der Waals surface area contributed by atoms with Crippen LogP contribution in [0.3, 0.4) is 0 Å². The van der Waals surface area contributed by atoms with Gasteiger partial charge in [-0.1, -0.05) is 33.6 Å². The molecule has 0 bridgehead atoms. The van der Waals surface area contributed by atoms with Crippen LogP contribution in [0.4, 0.5) is 0 Å². The maximum atomic E-state index is 8.54. The zero-order valence-electron chi connectivity index (χ0n) is 6.09. The van der Waals surface area contributed by atoms with E-state index in [0.717, 1.165) is 4.47 Å². The van der Waals surface area contributed by atoms with Crippen molar-refractivity contribution in [2.45, 2.75) is 6.04 Å². The minimum Gasteiger partial charge on any atom is -0.312 e. The number of nitrogens with two attached hydrogens (primary N) is 1. The number of nitrogens with zero attached hydrogens (tertiary/aromatic N) is 1. The molecule has 0 aliphatic heterocycles. The van der Waals surface area contributed by atoms with E-state index in [1.807, 2.05) is 6.07 Å². The molecule has 2 N–H and O–H groups in total. The average molecular weight is 246 g/mol. The van der Waals surface area contributed by atoms with Crippen LogP contribution in [-0.4, -0.2) is 0 Å². The summed E-state index contributed by atoms with van der Waals surface area (Å²) in [6.07, 6.45) is 0. The van der Waals surface area contributed by atoms with Gasteiger partial charge in [0, 0.05) is 15.1 Å². The molecular formula is C8H6BrClN2. The van der Waals surface area contributed by atoms with Crippen LogP contribution < -0.4 is 5.73 Å². The van der Waals surface area contributed by atoms with Gasteiger partial charge < -0.3 is 5.73 Å². The third-order valence-corrected chi connectivity index (χ3v) is 2.26. The third kappa shape index (κ3) is 1.98. The predicted octanol–water partition coefficient (Wildman–Crippen LogP) is 2.63. The van der Waals surface area contributed by atoms with E-state index in [2.05, 4.69) is 15.9 Å². The van der Waals surface area contributed by atoms with Crippen molar-refractivity contribution in [3.63, 3.8) is 0 Å². The predicted molar refractivity (Wildman–Crippen MR) is 51.7 cm³/mol. The summed E-state index contributed by atoms with van der Waals surface area (Å²) in [5.74, 6) is 0. The largest absolute Gasteiger partial charge is 0.312 e. The number of hydrogen-bond donors (Lipinski definition) is 1. The van der Waals surface area contributed by atoms with Crippen LogP contribution in [0.25, 0.3) is 0 Å². The minimum absolute atomic E-state index is 0.512. The fraction of sp³-hybridized carbons (Fsp3) is 0.125. The summed E-state index contributed by atoms with van der Waals surface area (Å²) in [5.41, 5.74) is 6.14. The molecular weight excluding hydrogens is 239 g/mol. The van der Waals surface area contributed by atoms with Crippen molar-refractivity contribution in [2.75, 3.05) is 0 Å². The Hall–Kier alpha value is -0.560. The lowest BCUT2D eigenvalue weighted by molar-refractivity contribution is 0.926. The molecule has 1 aromatic carbocycles. The molecule has 0 aliphatic rings. The summed E-state index contributed by atoms with van der Waals surface area (Å²) in [4.78, 5) is 0. The van der Waals surface area contributed by atoms with Crippen molar-refractivity contribution < 1.29 is 0 Å². The Kier molecular flexibility index (Phi) is 3.10. The van der Waals surface area contributed by atoms with Gasteiger partial charge in [0.2, 0.25) is 0 Å². The molecule has 0 aliphatic carbocycles. The Morgan fingerprint density at radius 2 is 2.25 bits per heavy atom. The van der Waals surface area contributed by atoms with Crippen LogP contribution in [0.15, 0.2) is 22.7 Å². The minimum atomic E-state index is -0.648. The molecule has 0 heterocycles. The third-order valence-electron chi connectivity index (χ3n) is 1.44. The molecule has 1 unspecified atom stereocenters. The van der Waals surface area contributed by atoms with Gasteiger partial charge in [-0.25, -0.2) is 0 Å². The van der Waals surface area contributed by atoms with E-state index in [4.69, 9.17) is 22.6 Å². The van der Waals surface area contributed by atoms with E-state index in [9.17, 15) is 0 Å². The highest BCUT2D eigenvalue weighted by Gasteiger charge is 2.08. The average Bonchev–Trinajstić information content (AvgIpc) is 2.03. The van der Waals surface area contributed by atoms with Crippen LogP contribution in [0.2, 0.25) is 5.02 Å². The smallest absolute Gasteiger partial charge is 0.120 e. The first-order valence-corrected chi connectivity index (χ1v) is 4.42. The Balaban J connectivity index is 3.11. The molecule has 0 spiro atoms. The second kappa shape index (κ2) is 3.90. The van der Waals surface area contributed by atoms with E-state index in [-0.39, 0.29) is 0 Å². The highest BCUT2D eigenvalue weighted by atomic mass is 79.9. The Labute approximate surface area is 84.1 Å². The number of benzene rings is 1. The van der Waals surface area contributed by atoms with E-state index in [1.54, 1.807) is 18.2 Å². The summed E-state index contributed by atoms with van der Waals surface area (Å²) in [7, 11) is 0. The lowest BCUT2D eigenvalue weighted by Crippen LogP contribution is -2.07. The van der Waals surface area contributed by atoms with Gasteiger partial charge in [0.15, 0.2) is 0 Å². The highest BCUT2D eigenvalue weighted by molar-refractivity contribution is 9.10. The van der Waals surface area contributed by atoms with Gasteiger partial charge in [-0.05, 0) is 12.1 Å². The molecule has 1 rings (SSSR count). The van der Waals surface area contributed by atoms with Gasteiger partial charge in [0.05, 0.1) is 6.07 Å². The number of rotatable bonds is 1. The van der Waals surface area contributed by atoms with Gasteiger partial charge in [0.25, 0.3) is 0 Å². The Bertz CT molecular complexity index is 332. The molecule has 1 aromatic rings. The normalized spacial score (nSPS) is 12.2. The lowest BCUT2D eigenvalue weighted by atomic mass is 10.1. The highest BCUT2D eigenvalue weighted by Crippen LogP contribution is 2.24. The van der Waals surface area contributed by atoms with E-state index in [1.165, 1.54) is 0 Å². The number of halogens is 2. The van der Waals surface area contributed by atoms with Gasteiger partial charge in [-0.2, -0.15) is 5.26 Å². The zero-order chi connectivity index (χ0) is 9.14.